The molecule has 0 bridgehead atoms. The number of aromatic nitrogens is 4. The van der Waals surface area contributed by atoms with Gasteiger partial charge in [-0.05, 0) is 0 Å². The number of hydrogen-bond acceptors (Lipinski definition) is 3. The summed E-state index contributed by atoms with van der Waals surface area (Å²) in [4.78, 5) is 14.2. The van der Waals surface area contributed by atoms with E-state index in [1.807, 2.05) is 13.1 Å². The molecule has 0 radical (unpaired) electrons. The van der Waals surface area contributed by atoms with Crippen molar-refractivity contribution in [2.24, 2.45) is 7.05 Å². The molecule has 2 amide bonds. The molecule has 0 spiro atoms. The maximum atomic E-state index is 12.5. The predicted molar refractivity (Wildman–Crippen MR) is 83.6 cm³/mol. The van der Waals surface area contributed by atoms with Crippen LogP contribution in [0.2, 0.25) is 0 Å². The van der Waals surface area contributed by atoms with Crippen molar-refractivity contribution < 1.29 is 4.79 Å². The van der Waals surface area contributed by atoms with Crippen LogP contribution in [0, 0.1) is 0 Å². The summed E-state index contributed by atoms with van der Waals surface area (Å²) in [6, 6.07) is 1.83. The molecule has 2 N–H and O–H groups in total. The minimum absolute atomic E-state index is 0.0441. The van der Waals surface area contributed by atoms with Crippen LogP contribution in [0.4, 0.5) is 10.6 Å². The quantitative estimate of drug-likeness (QED) is 0.846. The highest BCUT2D eigenvalue weighted by Crippen LogP contribution is 2.24. The van der Waals surface area contributed by atoms with Crippen LogP contribution in [-0.2, 0) is 25.4 Å². The van der Waals surface area contributed by atoms with E-state index in [1.165, 1.54) is 0 Å². The van der Waals surface area contributed by atoms with Crippen LogP contribution in [0.5, 0.6) is 0 Å². The normalized spacial score (nSPS) is 14.8. The third kappa shape index (κ3) is 2.70. The van der Waals surface area contributed by atoms with E-state index < -0.39 is 0 Å². The largest absolute Gasteiger partial charge is 0.323 e. The first kappa shape index (κ1) is 14.6. The SMILES string of the molecule is Cn1nc(C(C)(C)C)cc1NC(=O)N1CCc2[nH]ncc2C1. The fraction of sp³-hybridized carbons (Fsp3) is 0.533. The molecule has 3 rings (SSSR count). The molecule has 0 saturated carbocycles. The molecule has 1 aliphatic rings. The summed E-state index contributed by atoms with van der Waals surface area (Å²) < 4.78 is 1.71. The van der Waals surface area contributed by atoms with Gasteiger partial charge in [-0.15, -0.1) is 0 Å². The van der Waals surface area contributed by atoms with E-state index in [1.54, 1.807) is 15.8 Å². The maximum absolute atomic E-state index is 12.5. The molecule has 3 heterocycles. The first-order valence-electron chi connectivity index (χ1n) is 7.46. The van der Waals surface area contributed by atoms with Crippen LogP contribution >= 0.6 is 0 Å². The number of nitrogens with one attached hydrogen (secondary N) is 2. The number of carbonyl (C=O) groups excluding carboxylic acids is 1. The lowest BCUT2D eigenvalue weighted by Crippen LogP contribution is -2.39. The van der Waals surface area contributed by atoms with Gasteiger partial charge in [0.25, 0.3) is 0 Å². The standard InChI is InChI=1S/C15H22N6O/c1-15(2,3)12-7-13(20(4)19-12)17-14(22)21-6-5-11-10(9-21)8-16-18-11/h7-8H,5-6,9H2,1-4H3,(H,16,18)(H,17,22). The molecule has 118 valence electrons. The lowest BCUT2D eigenvalue weighted by Gasteiger charge is -2.26. The number of aryl methyl sites for hydroxylation is 1. The Morgan fingerprint density at radius 2 is 2.18 bits per heavy atom. The second-order valence-electron chi connectivity index (χ2n) is 6.76. The molecular weight excluding hydrogens is 280 g/mol. The molecule has 22 heavy (non-hydrogen) atoms. The van der Waals surface area contributed by atoms with Gasteiger partial charge in [0.05, 0.1) is 18.4 Å². The lowest BCUT2D eigenvalue weighted by molar-refractivity contribution is 0.206. The zero-order valence-electron chi connectivity index (χ0n) is 13.5. The monoisotopic (exact) mass is 302 g/mol. The Kier molecular flexibility index (Phi) is 3.42. The Balaban J connectivity index is 1.71. The number of hydrogen-bond donors (Lipinski definition) is 2. The van der Waals surface area contributed by atoms with Crippen LogP contribution in [0.1, 0.15) is 37.7 Å². The third-order valence-electron chi connectivity index (χ3n) is 3.97. The highest BCUT2D eigenvalue weighted by Gasteiger charge is 2.24. The van der Waals surface area contributed by atoms with Crippen LogP contribution in [0.25, 0.3) is 0 Å². The molecular formula is C15H22N6O. The number of anilines is 1. The Bertz CT molecular complexity index is 693. The number of nitrogens with zero attached hydrogens (tertiary/aromatic N) is 4. The van der Waals surface area contributed by atoms with Gasteiger partial charge < -0.3 is 4.90 Å². The summed E-state index contributed by atoms with van der Waals surface area (Å²) in [5, 5.41) is 14.4. The van der Waals surface area contributed by atoms with E-state index in [4.69, 9.17) is 0 Å². The number of fused-ring (bicyclic) bond motifs is 1. The number of amides is 2. The molecule has 0 unspecified atom stereocenters. The first-order valence-corrected chi connectivity index (χ1v) is 7.46. The van der Waals surface area contributed by atoms with Gasteiger partial charge in [-0.2, -0.15) is 10.2 Å². The first-order chi connectivity index (χ1) is 10.3. The highest BCUT2D eigenvalue weighted by molar-refractivity contribution is 5.88. The fourth-order valence-electron chi connectivity index (χ4n) is 2.53. The fourth-order valence-corrected chi connectivity index (χ4v) is 2.53. The summed E-state index contributed by atoms with van der Waals surface area (Å²) in [7, 11) is 1.84. The van der Waals surface area contributed by atoms with E-state index in [2.05, 4.69) is 41.4 Å². The Morgan fingerprint density at radius 1 is 1.41 bits per heavy atom. The molecule has 7 heteroatoms. The summed E-state index contributed by atoms with van der Waals surface area (Å²) in [6.07, 6.45) is 2.60. The third-order valence-corrected chi connectivity index (χ3v) is 3.97. The van der Waals surface area contributed by atoms with Gasteiger partial charge in [0, 0.05) is 42.8 Å². The number of H-pyrrole nitrogens is 1. The topological polar surface area (TPSA) is 78.8 Å². The zero-order chi connectivity index (χ0) is 15.9. The number of rotatable bonds is 1. The molecule has 7 nitrogen and oxygen atoms in total. The van der Waals surface area contributed by atoms with E-state index in [-0.39, 0.29) is 11.4 Å². The Labute approximate surface area is 129 Å². The lowest BCUT2D eigenvalue weighted by atomic mass is 9.92. The summed E-state index contributed by atoms with van der Waals surface area (Å²) in [6.45, 7) is 7.58. The van der Waals surface area contributed by atoms with E-state index in [0.29, 0.717) is 18.9 Å². The minimum atomic E-state index is -0.102. The van der Waals surface area contributed by atoms with Gasteiger partial charge in [-0.1, -0.05) is 20.8 Å². The van der Waals surface area contributed by atoms with Gasteiger partial charge in [-0.3, -0.25) is 15.1 Å². The summed E-state index contributed by atoms with van der Waals surface area (Å²) in [5.74, 6) is 0.716. The molecule has 2 aromatic rings. The number of carbonyl (C=O) groups is 1. The average Bonchev–Trinajstić information content (AvgIpc) is 3.04. The van der Waals surface area contributed by atoms with Gasteiger partial charge in [0.2, 0.25) is 0 Å². The number of urea groups is 1. The Hall–Kier alpha value is -2.31. The average molecular weight is 302 g/mol. The summed E-state index contributed by atoms with van der Waals surface area (Å²) >= 11 is 0. The van der Waals surface area contributed by atoms with Crippen molar-refractivity contribution >= 4 is 11.8 Å². The van der Waals surface area contributed by atoms with Crippen molar-refractivity contribution in [3.63, 3.8) is 0 Å². The summed E-state index contributed by atoms with van der Waals surface area (Å²) in [5.41, 5.74) is 3.12. The van der Waals surface area contributed by atoms with Crippen molar-refractivity contribution in [1.29, 1.82) is 0 Å². The van der Waals surface area contributed by atoms with Gasteiger partial charge in [0.1, 0.15) is 5.82 Å². The number of aromatic amines is 1. The predicted octanol–water partition coefficient (Wildman–Crippen LogP) is 2.03. The molecule has 0 aromatic carbocycles. The minimum Gasteiger partial charge on any atom is -0.320 e. The van der Waals surface area contributed by atoms with Gasteiger partial charge >= 0.3 is 6.03 Å². The maximum Gasteiger partial charge on any atom is 0.323 e. The van der Waals surface area contributed by atoms with Crippen LogP contribution < -0.4 is 5.32 Å². The van der Waals surface area contributed by atoms with E-state index in [0.717, 1.165) is 23.4 Å². The van der Waals surface area contributed by atoms with Gasteiger partial charge in [-0.25, -0.2) is 4.79 Å². The zero-order valence-corrected chi connectivity index (χ0v) is 13.5. The van der Waals surface area contributed by atoms with Crippen molar-refractivity contribution in [2.75, 3.05) is 11.9 Å². The molecule has 0 saturated heterocycles. The van der Waals surface area contributed by atoms with Crippen LogP contribution in [-0.4, -0.2) is 37.5 Å². The molecule has 0 fully saturated rings. The smallest absolute Gasteiger partial charge is 0.320 e. The second-order valence-corrected chi connectivity index (χ2v) is 6.76. The molecule has 2 aromatic heterocycles. The van der Waals surface area contributed by atoms with Crippen molar-refractivity contribution in [2.45, 2.75) is 39.2 Å². The van der Waals surface area contributed by atoms with Crippen molar-refractivity contribution in [3.05, 3.63) is 29.2 Å². The van der Waals surface area contributed by atoms with Crippen molar-refractivity contribution in [3.8, 4) is 0 Å². The van der Waals surface area contributed by atoms with E-state index >= 15 is 0 Å². The molecule has 1 aliphatic heterocycles. The Morgan fingerprint density at radius 3 is 2.86 bits per heavy atom. The highest BCUT2D eigenvalue weighted by atomic mass is 16.2. The van der Waals surface area contributed by atoms with E-state index in [9.17, 15) is 4.79 Å². The second kappa shape index (κ2) is 5.15. The molecule has 0 aliphatic carbocycles. The van der Waals surface area contributed by atoms with Crippen LogP contribution in [0.15, 0.2) is 12.3 Å². The van der Waals surface area contributed by atoms with Gasteiger partial charge in [0.15, 0.2) is 0 Å². The van der Waals surface area contributed by atoms with Crippen LogP contribution in [0.3, 0.4) is 0 Å². The molecule has 0 atom stereocenters. The van der Waals surface area contributed by atoms with Crippen molar-refractivity contribution in [1.82, 2.24) is 24.9 Å².